The summed E-state index contributed by atoms with van der Waals surface area (Å²) in [5.74, 6) is 0. The van der Waals surface area contributed by atoms with Gasteiger partial charge < -0.3 is 0 Å². The second kappa shape index (κ2) is 3.73. The summed E-state index contributed by atoms with van der Waals surface area (Å²) in [5.41, 5.74) is 5.47. The molecule has 0 spiro atoms. The van der Waals surface area contributed by atoms with E-state index in [9.17, 15) is 0 Å². The number of aryl methyl sites for hydroxylation is 4. The molecule has 0 aliphatic carbocycles. The van der Waals surface area contributed by atoms with Gasteiger partial charge in [-0.3, -0.25) is 0 Å². The summed E-state index contributed by atoms with van der Waals surface area (Å²) in [6.07, 6.45) is 0. The highest BCUT2D eigenvalue weighted by atomic mass is 14.2. The van der Waals surface area contributed by atoms with E-state index in [0.29, 0.717) is 0 Å². The van der Waals surface area contributed by atoms with Crippen LogP contribution in [0.5, 0.6) is 0 Å². The number of hydrogen-bond acceptors (Lipinski definition) is 0. The summed E-state index contributed by atoms with van der Waals surface area (Å²) >= 11 is 0. The first kappa shape index (κ1) is 11.7. The molecule has 0 amide bonds. The highest BCUT2D eigenvalue weighted by Gasteiger charge is 2.13. The Kier molecular flexibility index (Phi) is 2.18. The molecule has 0 aromatic heterocycles. The summed E-state index contributed by atoms with van der Waals surface area (Å²) in [4.78, 5) is 0. The van der Waals surface area contributed by atoms with Crippen LogP contribution < -0.4 is 0 Å². The summed E-state index contributed by atoms with van der Waals surface area (Å²) in [6.45, 7) is 8.87. The van der Waals surface area contributed by atoms with Crippen LogP contribution in [0.3, 0.4) is 0 Å². The van der Waals surface area contributed by atoms with Crippen LogP contribution in [0.1, 0.15) is 22.3 Å². The SMILES string of the molecule is Cc1cc2c(C)cc3ccc(C)c4cc(C)c(c1)c2c34. The van der Waals surface area contributed by atoms with Crippen molar-refractivity contribution in [3.63, 3.8) is 0 Å². The molecule has 0 saturated carbocycles. The van der Waals surface area contributed by atoms with Crippen LogP contribution in [-0.2, 0) is 0 Å². The molecule has 0 radical (unpaired) electrons. The normalized spacial score (nSPS) is 12.0. The zero-order valence-electron chi connectivity index (χ0n) is 12.5. The molecule has 0 saturated heterocycles. The Hall–Kier alpha value is -2.08. The molecule has 0 nitrogen and oxygen atoms in total. The Balaban J connectivity index is 2.48. The van der Waals surface area contributed by atoms with E-state index < -0.39 is 0 Å². The van der Waals surface area contributed by atoms with Crippen molar-refractivity contribution in [2.75, 3.05) is 0 Å². The van der Waals surface area contributed by atoms with Gasteiger partial charge in [0.2, 0.25) is 0 Å². The molecule has 0 aliphatic heterocycles. The van der Waals surface area contributed by atoms with Crippen LogP contribution in [0.15, 0.2) is 36.4 Å². The molecule has 0 bridgehead atoms. The molecule has 0 heterocycles. The lowest BCUT2D eigenvalue weighted by atomic mass is 9.87. The van der Waals surface area contributed by atoms with Crippen molar-refractivity contribution in [1.29, 1.82) is 0 Å². The average molecular weight is 258 g/mol. The molecule has 0 fully saturated rings. The third kappa shape index (κ3) is 1.37. The van der Waals surface area contributed by atoms with Crippen molar-refractivity contribution in [3.8, 4) is 0 Å². The van der Waals surface area contributed by atoms with Crippen molar-refractivity contribution in [2.45, 2.75) is 27.7 Å². The minimum Gasteiger partial charge on any atom is -0.0581 e. The molecule has 20 heavy (non-hydrogen) atoms. The van der Waals surface area contributed by atoms with Gasteiger partial charge in [0.15, 0.2) is 0 Å². The van der Waals surface area contributed by atoms with E-state index in [2.05, 4.69) is 64.1 Å². The summed E-state index contributed by atoms with van der Waals surface area (Å²) in [5, 5.41) is 8.47. The highest BCUT2D eigenvalue weighted by Crippen LogP contribution is 2.39. The molecule has 0 atom stereocenters. The predicted octanol–water partition coefficient (Wildman–Crippen LogP) is 5.82. The molecule has 4 aromatic carbocycles. The lowest BCUT2D eigenvalue weighted by molar-refractivity contribution is 1.46. The van der Waals surface area contributed by atoms with Crippen LogP contribution in [0.25, 0.3) is 32.3 Å². The lowest BCUT2D eigenvalue weighted by Gasteiger charge is -2.17. The van der Waals surface area contributed by atoms with Gasteiger partial charge in [0.25, 0.3) is 0 Å². The summed E-state index contributed by atoms with van der Waals surface area (Å²) in [7, 11) is 0. The van der Waals surface area contributed by atoms with Gasteiger partial charge in [-0.2, -0.15) is 0 Å². The van der Waals surface area contributed by atoms with E-state index >= 15 is 0 Å². The van der Waals surface area contributed by atoms with E-state index in [-0.39, 0.29) is 0 Å². The van der Waals surface area contributed by atoms with E-state index in [1.165, 1.54) is 54.6 Å². The van der Waals surface area contributed by atoms with Gasteiger partial charge in [-0.1, -0.05) is 36.4 Å². The fraction of sp³-hybridized carbons (Fsp3) is 0.200. The van der Waals surface area contributed by atoms with Gasteiger partial charge in [0.05, 0.1) is 0 Å². The Bertz CT molecular complexity index is 955. The van der Waals surface area contributed by atoms with E-state index in [1.54, 1.807) is 0 Å². The molecule has 0 unspecified atom stereocenters. The van der Waals surface area contributed by atoms with Crippen LogP contribution in [-0.4, -0.2) is 0 Å². The van der Waals surface area contributed by atoms with Crippen LogP contribution in [0.2, 0.25) is 0 Å². The molecule has 4 rings (SSSR count). The smallest absolute Gasteiger partial charge is 0.00212 e. The first-order chi connectivity index (χ1) is 9.56. The quantitative estimate of drug-likeness (QED) is 0.349. The number of hydrogen-bond donors (Lipinski definition) is 0. The number of rotatable bonds is 0. The first-order valence-electron chi connectivity index (χ1n) is 7.22. The summed E-state index contributed by atoms with van der Waals surface area (Å²) < 4.78 is 0. The highest BCUT2D eigenvalue weighted by molar-refractivity contribution is 6.25. The molecule has 4 aromatic rings. The Morgan fingerprint density at radius 1 is 0.550 bits per heavy atom. The van der Waals surface area contributed by atoms with Crippen LogP contribution in [0, 0.1) is 27.7 Å². The number of benzene rings is 4. The fourth-order valence-electron chi connectivity index (χ4n) is 3.61. The van der Waals surface area contributed by atoms with Gasteiger partial charge in [0.1, 0.15) is 0 Å². The molecular formula is C20H18. The Labute approximate surface area is 119 Å². The second-order valence-corrected chi connectivity index (χ2v) is 6.15. The van der Waals surface area contributed by atoms with E-state index in [4.69, 9.17) is 0 Å². The zero-order chi connectivity index (χ0) is 14.0. The van der Waals surface area contributed by atoms with Gasteiger partial charge in [-0.05, 0) is 82.3 Å². The topological polar surface area (TPSA) is 0 Å². The molecular weight excluding hydrogens is 240 g/mol. The molecule has 0 aliphatic rings. The maximum atomic E-state index is 2.36. The zero-order valence-corrected chi connectivity index (χ0v) is 12.5. The van der Waals surface area contributed by atoms with E-state index in [0.717, 1.165) is 0 Å². The minimum atomic E-state index is 1.35. The molecule has 0 N–H and O–H groups in total. The van der Waals surface area contributed by atoms with Gasteiger partial charge >= 0.3 is 0 Å². The van der Waals surface area contributed by atoms with Crippen molar-refractivity contribution in [3.05, 3.63) is 58.7 Å². The largest absolute Gasteiger partial charge is 0.0581 e. The third-order valence-electron chi connectivity index (χ3n) is 4.61. The van der Waals surface area contributed by atoms with Crippen molar-refractivity contribution < 1.29 is 0 Å². The van der Waals surface area contributed by atoms with Gasteiger partial charge in [0, 0.05) is 0 Å². The predicted molar refractivity (Wildman–Crippen MR) is 89.1 cm³/mol. The lowest BCUT2D eigenvalue weighted by Crippen LogP contribution is -1.92. The Morgan fingerprint density at radius 2 is 1.15 bits per heavy atom. The standard InChI is InChI=1S/C20H18/c1-11-7-16-13(3)9-15-6-5-12(2)18-10-14(4)17(8-11)20(16)19(15)18/h5-10H,1-4H3. The van der Waals surface area contributed by atoms with Crippen molar-refractivity contribution in [2.24, 2.45) is 0 Å². The second-order valence-electron chi connectivity index (χ2n) is 6.15. The monoisotopic (exact) mass is 258 g/mol. The van der Waals surface area contributed by atoms with Gasteiger partial charge in [-0.15, -0.1) is 0 Å². The summed E-state index contributed by atoms with van der Waals surface area (Å²) in [6, 6.07) is 13.9. The Morgan fingerprint density at radius 3 is 1.85 bits per heavy atom. The van der Waals surface area contributed by atoms with Crippen molar-refractivity contribution >= 4 is 32.3 Å². The fourth-order valence-corrected chi connectivity index (χ4v) is 3.61. The maximum Gasteiger partial charge on any atom is -0.00212 e. The minimum absolute atomic E-state index is 1.35. The molecule has 0 heteroatoms. The first-order valence-corrected chi connectivity index (χ1v) is 7.22. The third-order valence-corrected chi connectivity index (χ3v) is 4.61. The molecule has 98 valence electrons. The van der Waals surface area contributed by atoms with Crippen LogP contribution in [0.4, 0.5) is 0 Å². The van der Waals surface area contributed by atoms with Gasteiger partial charge in [-0.25, -0.2) is 0 Å². The van der Waals surface area contributed by atoms with Crippen molar-refractivity contribution in [1.82, 2.24) is 0 Å². The van der Waals surface area contributed by atoms with Crippen LogP contribution >= 0.6 is 0 Å². The maximum absolute atomic E-state index is 2.36. The van der Waals surface area contributed by atoms with E-state index in [1.807, 2.05) is 0 Å². The average Bonchev–Trinajstić information content (AvgIpc) is 2.41.